The van der Waals surface area contributed by atoms with Gasteiger partial charge in [-0.25, -0.2) is 0 Å². The van der Waals surface area contributed by atoms with Gasteiger partial charge in [0.05, 0.1) is 6.07 Å². The van der Waals surface area contributed by atoms with Gasteiger partial charge in [-0.05, 0) is 6.92 Å². The fraction of sp³-hybridized carbons (Fsp3) is 0.333. The summed E-state index contributed by atoms with van der Waals surface area (Å²) in [5.74, 6) is 0.228. The van der Waals surface area contributed by atoms with Crippen LogP contribution in [-0.2, 0) is 0 Å². The lowest BCUT2D eigenvalue weighted by Gasteiger charge is -1.91. The average molecular weight is 148 g/mol. The quantitative estimate of drug-likeness (QED) is 0.447. The van der Waals surface area contributed by atoms with E-state index in [1.54, 1.807) is 18.5 Å². The average Bonchev–Trinajstić information content (AvgIpc) is 2.01. The minimum atomic E-state index is 0.228. The maximum absolute atomic E-state index is 8.19. The second-order valence-corrected chi connectivity index (χ2v) is 2.13. The van der Waals surface area contributed by atoms with E-state index in [1.165, 1.54) is 6.08 Å². The molecule has 0 aromatic rings. The van der Waals surface area contributed by atoms with Gasteiger partial charge in [0.1, 0.15) is 0 Å². The van der Waals surface area contributed by atoms with Crippen LogP contribution in [0.5, 0.6) is 0 Å². The minimum absolute atomic E-state index is 0.228. The Bertz CT molecular complexity index is 206. The van der Waals surface area contributed by atoms with Gasteiger partial charge in [0, 0.05) is 24.4 Å². The molecule has 2 heteroatoms. The molecule has 0 bridgehead atoms. The number of nitriles is 1. The molecule has 0 N–H and O–H groups in total. The number of rotatable bonds is 3. The molecule has 0 radical (unpaired) electrons. The van der Waals surface area contributed by atoms with Crippen LogP contribution < -0.4 is 0 Å². The van der Waals surface area contributed by atoms with Crippen LogP contribution in [-0.4, -0.2) is 6.21 Å². The summed E-state index contributed by atoms with van der Waals surface area (Å²) in [6.45, 7) is 3.88. The van der Waals surface area contributed by atoms with Gasteiger partial charge in [0.15, 0.2) is 0 Å². The van der Waals surface area contributed by atoms with Crippen molar-refractivity contribution >= 4 is 6.21 Å². The van der Waals surface area contributed by atoms with Gasteiger partial charge >= 0.3 is 0 Å². The van der Waals surface area contributed by atoms with E-state index in [9.17, 15) is 0 Å². The predicted molar refractivity (Wildman–Crippen MR) is 47.2 cm³/mol. The molecular weight excluding hydrogens is 136 g/mol. The summed E-state index contributed by atoms with van der Waals surface area (Å²) < 4.78 is 0. The third-order valence-electron chi connectivity index (χ3n) is 1.03. The number of allylic oxidation sites excluding steroid dienone is 3. The first kappa shape index (κ1) is 9.64. The largest absolute Gasteiger partial charge is 0.269 e. The zero-order valence-electron chi connectivity index (χ0n) is 6.86. The SMILES string of the molecule is C/C=C\N=CC(C)/C=C/C#N. The van der Waals surface area contributed by atoms with E-state index in [4.69, 9.17) is 5.26 Å². The van der Waals surface area contributed by atoms with E-state index in [-0.39, 0.29) is 5.92 Å². The summed E-state index contributed by atoms with van der Waals surface area (Å²) in [5.41, 5.74) is 0. The van der Waals surface area contributed by atoms with Gasteiger partial charge in [-0.1, -0.05) is 19.1 Å². The van der Waals surface area contributed by atoms with Gasteiger partial charge in [0.25, 0.3) is 0 Å². The fourth-order valence-corrected chi connectivity index (χ4v) is 0.516. The summed E-state index contributed by atoms with van der Waals surface area (Å²) in [6, 6.07) is 1.93. The number of nitrogens with zero attached hydrogens (tertiary/aromatic N) is 2. The maximum atomic E-state index is 8.19. The van der Waals surface area contributed by atoms with E-state index in [0.29, 0.717) is 0 Å². The Balaban J connectivity index is 3.79. The van der Waals surface area contributed by atoms with Crippen LogP contribution in [0.1, 0.15) is 13.8 Å². The highest BCUT2D eigenvalue weighted by Gasteiger charge is 1.86. The first-order chi connectivity index (χ1) is 5.31. The van der Waals surface area contributed by atoms with Crippen LogP contribution in [0.4, 0.5) is 0 Å². The molecule has 1 unspecified atom stereocenters. The second kappa shape index (κ2) is 6.76. The topological polar surface area (TPSA) is 36.1 Å². The van der Waals surface area contributed by atoms with Gasteiger partial charge in [-0.15, -0.1) is 0 Å². The number of hydrogen-bond donors (Lipinski definition) is 0. The molecule has 0 rings (SSSR count). The van der Waals surface area contributed by atoms with Crippen LogP contribution >= 0.6 is 0 Å². The Morgan fingerprint density at radius 3 is 2.82 bits per heavy atom. The summed E-state index contributed by atoms with van der Waals surface area (Å²) in [7, 11) is 0. The number of hydrogen-bond acceptors (Lipinski definition) is 2. The van der Waals surface area contributed by atoms with E-state index in [1.807, 2.05) is 26.0 Å². The molecular formula is C9H12N2. The van der Waals surface area contributed by atoms with Crippen molar-refractivity contribution < 1.29 is 0 Å². The lowest BCUT2D eigenvalue weighted by Crippen LogP contribution is -1.88. The zero-order chi connectivity index (χ0) is 8.53. The van der Waals surface area contributed by atoms with E-state index in [2.05, 4.69) is 4.99 Å². The Morgan fingerprint density at radius 1 is 1.55 bits per heavy atom. The maximum Gasteiger partial charge on any atom is 0.0908 e. The Labute approximate surface area is 67.6 Å². The van der Waals surface area contributed by atoms with E-state index in [0.717, 1.165) is 0 Å². The van der Waals surface area contributed by atoms with Crippen LogP contribution in [0.3, 0.4) is 0 Å². The van der Waals surface area contributed by atoms with Crippen molar-refractivity contribution in [2.75, 3.05) is 0 Å². The molecule has 0 aromatic carbocycles. The highest BCUT2D eigenvalue weighted by atomic mass is 14.7. The van der Waals surface area contributed by atoms with Gasteiger partial charge < -0.3 is 0 Å². The Hall–Kier alpha value is -1.36. The standard InChI is InChI=1S/C9H12N2/c1-3-7-11-8-9(2)5-4-6-10/h3-5,7-9H,1-2H3/b5-4+,7-3-,11-8?. The van der Waals surface area contributed by atoms with Gasteiger partial charge in [0.2, 0.25) is 0 Å². The molecule has 0 amide bonds. The molecule has 1 atom stereocenters. The molecule has 0 fully saturated rings. The second-order valence-electron chi connectivity index (χ2n) is 2.13. The lowest BCUT2D eigenvalue weighted by molar-refractivity contribution is 1.02. The molecule has 0 saturated carbocycles. The molecule has 0 aromatic heterocycles. The first-order valence-electron chi connectivity index (χ1n) is 3.52. The Morgan fingerprint density at radius 2 is 2.27 bits per heavy atom. The van der Waals surface area contributed by atoms with Gasteiger partial charge in [-0.3, -0.25) is 4.99 Å². The molecule has 0 spiro atoms. The van der Waals surface area contributed by atoms with E-state index < -0.39 is 0 Å². The highest BCUT2D eigenvalue weighted by molar-refractivity contribution is 5.63. The normalized spacial score (nSPS) is 14.6. The molecule has 0 heterocycles. The van der Waals surface area contributed by atoms with Crippen molar-refractivity contribution in [2.24, 2.45) is 10.9 Å². The van der Waals surface area contributed by atoms with Crippen molar-refractivity contribution in [1.29, 1.82) is 5.26 Å². The van der Waals surface area contributed by atoms with Crippen molar-refractivity contribution in [3.05, 3.63) is 24.4 Å². The minimum Gasteiger partial charge on any atom is -0.269 e. The smallest absolute Gasteiger partial charge is 0.0908 e. The summed E-state index contributed by atoms with van der Waals surface area (Å²) >= 11 is 0. The van der Waals surface area contributed by atoms with Gasteiger partial charge in [-0.2, -0.15) is 5.26 Å². The molecule has 2 nitrogen and oxygen atoms in total. The fourth-order valence-electron chi connectivity index (χ4n) is 0.516. The summed E-state index contributed by atoms with van der Waals surface area (Å²) in [6.07, 6.45) is 8.63. The van der Waals surface area contributed by atoms with Crippen LogP contribution in [0.25, 0.3) is 0 Å². The van der Waals surface area contributed by atoms with Crippen LogP contribution in [0.15, 0.2) is 29.4 Å². The van der Waals surface area contributed by atoms with Crippen molar-refractivity contribution in [1.82, 2.24) is 0 Å². The molecule has 11 heavy (non-hydrogen) atoms. The molecule has 0 aliphatic rings. The Kier molecular flexibility index (Phi) is 5.92. The number of aliphatic imine (C=N–C) groups is 1. The van der Waals surface area contributed by atoms with Crippen LogP contribution in [0.2, 0.25) is 0 Å². The molecule has 0 saturated heterocycles. The highest BCUT2D eigenvalue weighted by Crippen LogP contribution is 1.92. The zero-order valence-corrected chi connectivity index (χ0v) is 6.86. The summed E-state index contributed by atoms with van der Waals surface area (Å²) in [5, 5.41) is 8.19. The van der Waals surface area contributed by atoms with Crippen molar-refractivity contribution in [2.45, 2.75) is 13.8 Å². The third-order valence-corrected chi connectivity index (χ3v) is 1.03. The monoisotopic (exact) mass is 148 g/mol. The molecule has 58 valence electrons. The predicted octanol–water partition coefficient (Wildman–Crippen LogP) is 2.31. The first-order valence-corrected chi connectivity index (χ1v) is 3.52. The van der Waals surface area contributed by atoms with Crippen LogP contribution in [0, 0.1) is 17.2 Å². The third kappa shape index (κ3) is 6.53. The summed E-state index contributed by atoms with van der Waals surface area (Å²) in [4.78, 5) is 3.98. The lowest BCUT2D eigenvalue weighted by atomic mass is 10.2. The molecule has 0 aliphatic heterocycles. The van der Waals surface area contributed by atoms with Crippen molar-refractivity contribution in [3.63, 3.8) is 0 Å². The molecule has 0 aliphatic carbocycles. The van der Waals surface area contributed by atoms with E-state index >= 15 is 0 Å². The van der Waals surface area contributed by atoms with Crippen molar-refractivity contribution in [3.8, 4) is 6.07 Å².